The zero-order valence-electron chi connectivity index (χ0n) is 21.1. The van der Waals surface area contributed by atoms with E-state index >= 15 is 0 Å². The van der Waals surface area contributed by atoms with Crippen LogP contribution in [0.5, 0.6) is 0 Å². The lowest BCUT2D eigenvalue weighted by atomic mass is 10.2. The van der Waals surface area contributed by atoms with E-state index in [9.17, 15) is 9.69 Å². The number of hydrogen-bond acceptors (Lipinski definition) is 11. The second-order valence-corrected chi connectivity index (χ2v) is 9.39. The van der Waals surface area contributed by atoms with Crippen molar-refractivity contribution in [3.05, 3.63) is 17.3 Å². The highest BCUT2D eigenvalue weighted by atomic mass is 35.5. The van der Waals surface area contributed by atoms with Gasteiger partial charge in [0.2, 0.25) is 19.5 Å². The van der Waals surface area contributed by atoms with Gasteiger partial charge in [0.05, 0.1) is 31.3 Å². The molecule has 200 valence electrons. The molecule has 35 heavy (non-hydrogen) atoms. The van der Waals surface area contributed by atoms with E-state index in [4.69, 9.17) is 40.5 Å². The van der Waals surface area contributed by atoms with E-state index in [1.54, 1.807) is 13.3 Å². The normalized spacial score (nSPS) is 19.3. The Morgan fingerprint density at radius 1 is 1.34 bits per heavy atom. The Kier molecular flexibility index (Phi) is 13.4. The molecular weight excluding hydrogens is 503 g/mol. The van der Waals surface area contributed by atoms with Crippen molar-refractivity contribution in [3.63, 3.8) is 0 Å². The van der Waals surface area contributed by atoms with Crippen LogP contribution in [0.3, 0.4) is 0 Å². The van der Waals surface area contributed by atoms with Crippen molar-refractivity contribution in [1.82, 2.24) is 19.5 Å². The molecule has 2 aromatic heterocycles. The monoisotopic (exact) mass is 538 g/mol. The van der Waals surface area contributed by atoms with Crippen molar-refractivity contribution in [2.75, 3.05) is 20.3 Å². The number of hydrogen-bond donors (Lipinski definition) is 3. The third-order valence-corrected chi connectivity index (χ3v) is 5.58. The number of aryl methyl sites for hydroxylation is 1. The highest BCUT2D eigenvalue weighted by Gasteiger charge is 2.34. The number of esters is 1. The lowest BCUT2D eigenvalue weighted by Crippen LogP contribution is -2.29. The Balaban J connectivity index is 0.000000779. The molecule has 1 fully saturated rings. The van der Waals surface area contributed by atoms with Crippen molar-refractivity contribution < 1.29 is 38.6 Å². The fraction of sp³-hybridized carbons (Fsp3) is 0.714. The third-order valence-electron chi connectivity index (χ3n) is 4.28. The second-order valence-electron chi connectivity index (χ2n) is 7.61. The summed E-state index contributed by atoms with van der Waals surface area (Å²) in [5.74, 6) is -3.33. The summed E-state index contributed by atoms with van der Waals surface area (Å²) in [5, 5.41) is 16.3. The molecule has 12 nitrogen and oxygen atoms in total. The van der Waals surface area contributed by atoms with Gasteiger partial charge in [0.25, 0.3) is 0 Å². The van der Waals surface area contributed by atoms with Crippen LogP contribution in [0.2, 0.25) is 5.28 Å². The van der Waals surface area contributed by atoms with Crippen LogP contribution in [0.4, 0.5) is 0 Å². The minimum Gasteiger partial charge on any atom is -0.464 e. The molecule has 0 amide bonds. The first-order valence-corrected chi connectivity index (χ1v) is 12.9. The Morgan fingerprint density at radius 3 is 2.54 bits per heavy atom. The summed E-state index contributed by atoms with van der Waals surface area (Å²) >= 11 is 5.97. The minimum atomic E-state index is -2.09. The fourth-order valence-corrected chi connectivity index (χ4v) is 3.85. The molecule has 0 saturated carbocycles. The van der Waals surface area contributed by atoms with Gasteiger partial charge in [0, 0.05) is 7.11 Å². The number of imidazole rings is 1. The first kappa shape index (κ1) is 31.5. The van der Waals surface area contributed by atoms with Gasteiger partial charge in [-0.2, -0.15) is 4.98 Å². The summed E-state index contributed by atoms with van der Waals surface area (Å²) in [5.41, 5.74) is 1.97. The number of carbonyl (C=O) groups excluding carboxylic acids is 1. The summed E-state index contributed by atoms with van der Waals surface area (Å²) < 4.78 is 23.2. The predicted molar refractivity (Wildman–Crippen MR) is 131 cm³/mol. The van der Waals surface area contributed by atoms with Gasteiger partial charge in [-0.05, 0) is 52.1 Å². The molecule has 3 heterocycles. The van der Waals surface area contributed by atoms with Crippen LogP contribution < -0.4 is 0 Å². The zero-order valence-corrected chi connectivity index (χ0v) is 22.8. The summed E-state index contributed by atoms with van der Waals surface area (Å²) in [6.45, 7) is 10.4. The SMILES string of the molecule is CC.CC(C)(O)O.CCOC(=O)C(OC[C@@H]1CCC(n2cnc3c(C)nc(Cl)nc32)O1)P(O)OC. The van der Waals surface area contributed by atoms with E-state index in [0.717, 1.165) is 0 Å². The van der Waals surface area contributed by atoms with Crippen LogP contribution >= 0.6 is 20.0 Å². The van der Waals surface area contributed by atoms with Gasteiger partial charge >= 0.3 is 5.97 Å². The summed E-state index contributed by atoms with van der Waals surface area (Å²) in [6.07, 6.45) is 2.51. The number of ether oxygens (including phenoxy) is 3. The molecule has 0 aromatic carbocycles. The molecule has 0 radical (unpaired) electrons. The quantitative estimate of drug-likeness (QED) is 0.196. The first-order valence-electron chi connectivity index (χ1n) is 11.2. The molecule has 4 atom stereocenters. The maximum absolute atomic E-state index is 12.0. The number of carbonyl (C=O) groups is 1. The smallest absolute Gasteiger partial charge is 0.344 e. The Bertz CT molecular complexity index is 921. The van der Waals surface area contributed by atoms with Crippen LogP contribution in [0.15, 0.2) is 6.33 Å². The molecule has 1 aliphatic rings. The topological polar surface area (TPSA) is 158 Å². The van der Waals surface area contributed by atoms with E-state index in [-0.39, 0.29) is 30.8 Å². The molecule has 0 aliphatic carbocycles. The van der Waals surface area contributed by atoms with Crippen LogP contribution in [0.25, 0.3) is 11.2 Å². The molecule has 3 N–H and O–H groups in total. The lowest BCUT2D eigenvalue weighted by molar-refractivity contribution is -0.153. The van der Waals surface area contributed by atoms with Crippen molar-refractivity contribution in [2.24, 2.45) is 0 Å². The maximum Gasteiger partial charge on any atom is 0.344 e. The summed E-state index contributed by atoms with van der Waals surface area (Å²) in [6, 6.07) is 0. The molecule has 0 spiro atoms. The van der Waals surface area contributed by atoms with E-state index in [1.807, 2.05) is 25.3 Å². The van der Waals surface area contributed by atoms with Crippen molar-refractivity contribution >= 4 is 37.1 Å². The number of fused-ring (bicyclic) bond motifs is 1. The molecule has 14 heteroatoms. The molecular formula is C21H36ClN4O8P. The van der Waals surface area contributed by atoms with Crippen molar-refractivity contribution in [2.45, 2.75) is 78.3 Å². The van der Waals surface area contributed by atoms with Crippen LogP contribution in [0.1, 0.15) is 59.4 Å². The predicted octanol–water partition coefficient (Wildman–Crippen LogP) is 3.06. The van der Waals surface area contributed by atoms with Gasteiger partial charge in [-0.3, -0.25) is 4.57 Å². The van der Waals surface area contributed by atoms with Crippen LogP contribution in [0, 0.1) is 6.92 Å². The number of rotatable bonds is 8. The molecule has 3 rings (SSSR count). The number of aliphatic hydroxyl groups is 2. The maximum atomic E-state index is 12.0. The number of halogens is 1. The Hall–Kier alpha value is -1.50. The molecule has 1 saturated heterocycles. The fourth-order valence-electron chi connectivity index (χ4n) is 2.98. The zero-order chi connectivity index (χ0) is 26.8. The highest BCUT2D eigenvalue weighted by Crippen LogP contribution is 2.39. The average Bonchev–Trinajstić information content (AvgIpc) is 3.41. The summed E-state index contributed by atoms with van der Waals surface area (Å²) in [4.78, 5) is 34.6. The standard InChI is InChI=1S/C16H22ClN4O6P.C3H8O2.C2H6/c1-4-25-14(22)15(28(23)24-3)26-7-10-5-6-11(27-10)21-8-18-12-9(2)19-16(17)20-13(12)21;1-3(2,4)5;1-2/h8,10-11,15,23H,4-7H2,1-3H3;4-5H,1-2H3;1-2H3/t10-,11?,15?,28?;;/m0../s1. The first-order chi connectivity index (χ1) is 16.4. The van der Waals surface area contributed by atoms with Gasteiger partial charge in [-0.15, -0.1) is 0 Å². The number of aromatic nitrogens is 4. The molecule has 1 aliphatic heterocycles. The van der Waals surface area contributed by atoms with E-state index in [2.05, 4.69) is 15.0 Å². The van der Waals surface area contributed by atoms with Gasteiger partial charge < -0.3 is 33.8 Å². The summed E-state index contributed by atoms with van der Waals surface area (Å²) in [7, 11) is -0.782. The van der Waals surface area contributed by atoms with Gasteiger partial charge in [-0.25, -0.2) is 14.8 Å². The van der Waals surface area contributed by atoms with Gasteiger partial charge in [0.15, 0.2) is 11.4 Å². The van der Waals surface area contributed by atoms with E-state index in [1.165, 1.54) is 21.0 Å². The van der Waals surface area contributed by atoms with E-state index < -0.39 is 26.0 Å². The Morgan fingerprint density at radius 2 is 1.97 bits per heavy atom. The van der Waals surface area contributed by atoms with Crippen LogP contribution in [-0.2, 0) is 23.5 Å². The van der Waals surface area contributed by atoms with Gasteiger partial charge in [0.1, 0.15) is 11.7 Å². The molecule has 2 aromatic rings. The lowest BCUT2D eigenvalue weighted by Gasteiger charge is -2.21. The van der Waals surface area contributed by atoms with Crippen LogP contribution in [-0.4, -0.2) is 78.7 Å². The molecule has 3 unspecified atom stereocenters. The second kappa shape index (κ2) is 14.9. The molecule has 0 bridgehead atoms. The van der Waals surface area contributed by atoms with E-state index in [0.29, 0.717) is 29.7 Å². The average molecular weight is 539 g/mol. The minimum absolute atomic E-state index is 0.115. The van der Waals surface area contributed by atoms with Gasteiger partial charge in [-0.1, -0.05) is 13.8 Å². The third kappa shape index (κ3) is 10.2. The van der Waals surface area contributed by atoms with Crippen molar-refractivity contribution in [3.8, 4) is 0 Å². The Labute approximate surface area is 211 Å². The largest absolute Gasteiger partial charge is 0.464 e. The number of nitrogens with zero attached hydrogens (tertiary/aromatic N) is 4. The highest BCUT2D eigenvalue weighted by molar-refractivity contribution is 7.47. The van der Waals surface area contributed by atoms with Crippen molar-refractivity contribution in [1.29, 1.82) is 0 Å².